The van der Waals surface area contributed by atoms with Gasteiger partial charge >= 0.3 is 5.97 Å². The van der Waals surface area contributed by atoms with Crippen molar-refractivity contribution in [2.75, 3.05) is 0 Å². The lowest BCUT2D eigenvalue weighted by Crippen LogP contribution is -2.11. The Morgan fingerprint density at radius 2 is 1.87 bits per heavy atom. The minimum absolute atomic E-state index is 0.0551. The van der Waals surface area contributed by atoms with Crippen molar-refractivity contribution < 1.29 is 14.3 Å². The van der Waals surface area contributed by atoms with Gasteiger partial charge in [-0.05, 0) is 37.1 Å². The van der Waals surface area contributed by atoms with E-state index in [1.807, 2.05) is 54.6 Å². The van der Waals surface area contributed by atoms with Gasteiger partial charge in [-0.1, -0.05) is 36.9 Å². The number of carbonyl (C=O) groups excluding carboxylic acids is 1. The van der Waals surface area contributed by atoms with E-state index >= 15 is 0 Å². The van der Waals surface area contributed by atoms with Crippen LogP contribution in [-0.4, -0.2) is 5.97 Å². The van der Waals surface area contributed by atoms with E-state index in [1.165, 1.54) is 0 Å². The SMILES string of the molecule is C=C=CC(OC(=O)C1CC1)c1cccc(Oc2ccccc2)c1. The fraction of sp³-hybridized carbons (Fsp3) is 0.200. The second-order valence-corrected chi connectivity index (χ2v) is 5.49. The quantitative estimate of drug-likeness (QED) is 0.567. The van der Waals surface area contributed by atoms with E-state index in [0.29, 0.717) is 5.75 Å². The van der Waals surface area contributed by atoms with E-state index < -0.39 is 6.10 Å². The van der Waals surface area contributed by atoms with E-state index in [2.05, 4.69) is 12.3 Å². The minimum atomic E-state index is -0.486. The first-order valence-corrected chi connectivity index (χ1v) is 7.65. The van der Waals surface area contributed by atoms with Crippen LogP contribution in [0.4, 0.5) is 0 Å². The lowest BCUT2D eigenvalue weighted by Gasteiger charge is -2.15. The molecule has 116 valence electrons. The smallest absolute Gasteiger partial charge is 0.309 e. The molecule has 1 fully saturated rings. The standard InChI is InChI=1S/C20H18O3/c1-2-7-19(23-20(21)15-12-13-15)16-8-6-11-18(14-16)22-17-9-4-3-5-10-17/h3-11,14-15,19H,1,12-13H2. The summed E-state index contributed by atoms with van der Waals surface area (Å²) in [4.78, 5) is 11.9. The maximum atomic E-state index is 11.9. The van der Waals surface area contributed by atoms with Crippen LogP contribution >= 0.6 is 0 Å². The van der Waals surface area contributed by atoms with Crippen LogP contribution in [0.15, 0.2) is 73.0 Å². The summed E-state index contributed by atoms with van der Waals surface area (Å²) in [7, 11) is 0. The topological polar surface area (TPSA) is 35.5 Å². The second kappa shape index (κ2) is 6.99. The van der Waals surface area contributed by atoms with Gasteiger partial charge < -0.3 is 9.47 Å². The Kier molecular flexibility index (Phi) is 4.60. The molecular weight excluding hydrogens is 288 g/mol. The van der Waals surface area contributed by atoms with Gasteiger partial charge in [0.05, 0.1) is 5.92 Å². The molecule has 23 heavy (non-hydrogen) atoms. The highest BCUT2D eigenvalue weighted by Gasteiger charge is 2.32. The summed E-state index contributed by atoms with van der Waals surface area (Å²) in [5.74, 6) is 1.35. The number of benzene rings is 2. The molecule has 0 spiro atoms. The predicted octanol–water partition coefficient (Wildman–Crippen LogP) is 4.81. The minimum Gasteiger partial charge on any atom is -0.457 e. The summed E-state index contributed by atoms with van der Waals surface area (Å²) < 4.78 is 11.4. The van der Waals surface area contributed by atoms with Crippen LogP contribution in [0.1, 0.15) is 24.5 Å². The maximum absolute atomic E-state index is 11.9. The number of carbonyl (C=O) groups is 1. The molecule has 2 aromatic rings. The van der Waals surface area contributed by atoms with Gasteiger partial charge in [-0.25, -0.2) is 0 Å². The van der Waals surface area contributed by atoms with Crippen molar-refractivity contribution in [2.24, 2.45) is 5.92 Å². The van der Waals surface area contributed by atoms with E-state index in [0.717, 1.165) is 24.2 Å². The molecular formula is C20H18O3. The summed E-state index contributed by atoms with van der Waals surface area (Å²) >= 11 is 0. The first-order chi connectivity index (χ1) is 11.3. The zero-order valence-electron chi connectivity index (χ0n) is 12.8. The fourth-order valence-corrected chi connectivity index (χ4v) is 2.23. The highest BCUT2D eigenvalue weighted by molar-refractivity contribution is 5.75. The van der Waals surface area contributed by atoms with Gasteiger partial charge in [0.15, 0.2) is 6.10 Å². The number of hydrogen-bond acceptors (Lipinski definition) is 3. The second-order valence-electron chi connectivity index (χ2n) is 5.49. The van der Waals surface area contributed by atoms with Crippen LogP contribution in [0.5, 0.6) is 11.5 Å². The maximum Gasteiger partial charge on any atom is 0.309 e. The fourth-order valence-electron chi connectivity index (χ4n) is 2.23. The molecule has 0 radical (unpaired) electrons. The number of rotatable bonds is 6. The Labute approximate surface area is 135 Å². The third-order valence-corrected chi connectivity index (χ3v) is 3.59. The van der Waals surface area contributed by atoms with Crippen molar-refractivity contribution in [1.29, 1.82) is 0 Å². The number of ether oxygens (including phenoxy) is 2. The molecule has 0 amide bonds. The molecule has 0 aromatic heterocycles. The largest absolute Gasteiger partial charge is 0.457 e. The Bertz CT molecular complexity index is 726. The first-order valence-electron chi connectivity index (χ1n) is 7.65. The van der Waals surface area contributed by atoms with Crippen molar-refractivity contribution in [2.45, 2.75) is 18.9 Å². The van der Waals surface area contributed by atoms with E-state index in [1.54, 1.807) is 6.08 Å². The van der Waals surface area contributed by atoms with Crippen LogP contribution in [0.2, 0.25) is 0 Å². The van der Waals surface area contributed by atoms with Crippen molar-refractivity contribution in [3.8, 4) is 11.5 Å². The van der Waals surface area contributed by atoms with E-state index in [9.17, 15) is 4.79 Å². The summed E-state index contributed by atoms with van der Waals surface area (Å²) in [6.07, 6.45) is 3.00. The lowest BCUT2D eigenvalue weighted by molar-refractivity contribution is -0.148. The number of para-hydroxylation sites is 1. The zero-order valence-corrected chi connectivity index (χ0v) is 12.8. The predicted molar refractivity (Wildman–Crippen MR) is 88.2 cm³/mol. The first kappa shape index (κ1) is 15.1. The Morgan fingerprint density at radius 3 is 2.57 bits per heavy atom. The lowest BCUT2D eigenvalue weighted by atomic mass is 10.1. The summed E-state index contributed by atoms with van der Waals surface area (Å²) in [6.45, 7) is 3.58. The normalized spacial score (nSPS) is 14.4. The Morgan fingerprint density at radius 1 is 1.13 bits per heavy atom. The molecule has 1 aliphatic carbocycles. The summed E-state index contributed by atoms with van der Waals surface area (Å²) in [5, 5.41) is 0. The van der Waals surface area contributed by atoms with Crippen molar-refractivity contribution in [3.05, 3.63) is 78.5 Å². The highest BCUT2D eigenvalue weighted by atomic mass is 16.5. The van der Waals surface area contributed by atoms with Gasteiger partial charge in [0, 0.05) is 11.6 Å². The third-order valence-electron chi connectivity index (χ3n) is 3.59. The average molecular weight is 306 g/mol. The van der Waals surface area contributed by atoms with Crippen LogP contribution in [0.25, 0.3) is 0 Å². The van der Waals surface area contributed by atoms with Crippen LogP contribution in [0.3, 0.4) is 0 Å². The molecule has 3 heteroatoms. The molecule has 1 atom stereocenters. The molecule has 1 aliphatic rings. The van der Waals surface area contributed by atoms with E-state index in [4.69, 9.17) is 9.47 Å². The molecule has 1 unspecified atom stereocenters. The number of esters is 1. The summed E-state index contributed by atoms with van der Waals surface area (Å²) in [6, 6.07) is 17.1. The highest BCUT2D eigenvalue weighted by Crippen LogP contribution is 2.33. The van der Waals surface area contributed by atoms with Crippen molar-refractivity contribution in [1.82, 2.24) is 0 Å². The van der Waals surface area contributed by atoms with Crippen LogP contribution < -0.4 is 4.74 Å². The molecule has 0 N–H and O–H groups in total. The molecule has 0 heterocycles. The van der Waals surface area contributed by atoms with Gasteiger partial charge in [0.2, 0.25) is 0 Å². The average Bonchev–Trinajstić information content (AvgIpc) is 3.41. The van der Waals surface area contributed by atoms with Gasteiger partial charge in [-0.15, -0.1) is 5.73 Å². The molecule has 0 aliphatic heterocycles. The van der Waals surface area contributed by atoms with Crippen molar-refractivity contribution >= 4 is 5.97 Å². The van der Waals surface area contributed by atoms with Gasteiger partial charge in [-0.3, -0.25) is 4.79 Å². The number of hydrogen-bond donors (Lipinski definition) is 0. The molecule has 3 rings (SSSR count). The summed E-state index contributed by atoms with van der Waals surface area (Å²) in [5.41, 5.74) is 3.54. The van der Waals surface area contributed by atoms with Crippen LogP contribution in [-0.2, 0) is 9.53 Å². The van der Waals surface area contributed by atoms with Gasteiger partial charge in [0.1, 0.15) is 11.5 Å². The molecule has 3 nitrogen and oxygen atoms in total. The Hall–Kier alpha value is -2.77. The van der Waals surface area contributed by atoms with Crippen molar-refractivity contribution in [3.63, 3.8) is 0 Å². The molecule has 0 saturated heterocycles. The third kappa shape index (κ3) is 4.12. The van der Waals surface area contributed by atoms with E-state index in [-0.39, 0.29) is 11.9 Å². The Balaban J connectivity index is 1.78. The van der Waals surface area contributed by atoms with Gasteiger partial charge in [-0.2, -0.15) is 0 Å². The van der Waals surface area contributed by atoms with Gasteiger partial charge in [0.25, 0.3) is 0 Å². The molecule has 2 aromatic carbocycles. The zero-order chi connectivity index (χ0) is 16.1. The molecule has 1 saturated carbocycles. The monoisotopic (exact) mass is 306 g/mol. The molecule has 0 bridgehead atoms. The van der Waals surface area contributed by atoms with Crippen LogP contribution in [0, 0.1) is 5.92 Å².